The molecule has 1 amide bonds. The Hall–Kier alpha value is -2.65. The number of benzene rings is 2. The number of thioether (sulfide) groups is 1. The van der Waals surface area contributed by atoms with Crippen molar-refractivity contribution in [3.8, 4) is 22.8 Å². The number of amides is 1. The maximum atomic E-state index is 12.7. The van der Waals surface area contributed by atoms with Crippen LogP contribution in [0.2, 0.25) is 0 Å². The van der Waals surface area contributed by atoms with Crippen LogP contribution >= 0.6 is 23.1 Å². The molecule has 2 aromatic carbocycles. The number of ether oxygens (including phenoxy) is 2. The summed E-state index contributed by atoms with van der Waals surface area (Å²) in [6.45, 7) is -3.08. The molecule has 9 heteroatoms. The molecule has 0 aliphatic heterocycles. The number of aromatic nitrogens is 1. The average Bonchev–Trinajstić information content (AvgIpc) is 3.16. The zero-order chi connectivity index (χ0) is 20.1. The summed E-state index contributed by atoms with van der Waals surface area (Å²) in [6, 6.07) is 12.2. The minimum absolute atomic E-state index is 0.0432. The van der Waals surface area contributed by atoms with Gasteiger partial charge in [-0.3, -0.25) is 10.1 Å². The van der Waals surface area contributed by atoms with Crippen molar-refractivity contribution in [3.05, 3.63) is 53.4 Å². The van der Waals surface area contributed by atoms with Crippen LogP contribution in [-0.4, -0.2) is 30.9 Å². The molecule has 146 valence electrons. The molecule has 1 aromatic heterocycles. The van der Waals surface area contributed by atoms with Crippen LogP contribution in [0.3, 0.4) is 0 Å². The first-order valence-corrected chi connectivity index (χ1v) is 10.2. The van der Waals surface area contributed by atoms with Gasteiger partial charge in [0.25, 0.3) is 5.91 Å². The molecule has 0 atom stereocenters. The van der Waals surface area contributed by atoms with Gasteiger partial charge in [-0.2, -0.15) is 8.78 Å². The molecule has 28 heavy (non-hydrogen) atoms. The molecule has 1 heterocycles. The van der Waals surface area contributed by atoms with E-state index in [0.29, 0.717) is 10.8 Å². The van der Waals surface area contributed by atoms with Crippen molar-refractivity contribution in [2.75, 3.05) is 18.7 Å². The van der Waals surface area contributed by atoms with Crippen molar-refractivity contribution in [3.63, 3.8) is 0 Å². The van der Waals surface area contributed by atoms with Crippen LogP contribution in [0.4, 0.5) is 13.9 Å². The largest absolute Gasteiger partial charge is 0.493 e. The third-order valence-corrected chi connectivity index (χ3v) is 5.26. The zero-order valence-electron chi connectivity index (χ0n) is 14.9. The van der Waals surface area contributed by atoms with Gasteiger partial charge < -0.3 is 9.47 Å². The van der Waals surface area contributed by atoms with Crippen molar-refractivity contribution in [1.29, 1.82) is 0 Å². The second-order valence-corrected chi connectivity index (χ2v) is 7.17. The quantitative estimate of drug-likeness (QED) is 0.517. The molecular weight excluding hydrogens is 406 g/mol. The normalized spacial score (nSPS) is 10.8. The Labute approximate surface area is 168 Å². The molecule has 3 aromatic rings. The summed E-state index contributed by atoms with van der Waals surface area (Å²) < 4.78 is 35.0. The fourth-order valence-corrected chi connectivity index (χ4v) is 3.58. The van der Waals surface area contributed by atoms with E-state index in [2.05, 4.69) is 15.0 Å². The van der Waals surface area contributed by atoms with Gasteiger partial charge in [0.1, 0.15) is 0 Å². The van der Waals surface area contributed by atoms with E-state index < -0.39 is 12.5 Å². The lowest BCUT2D eigenvalue weighted by atomic mass is 10.1. The van der Waals surface area contributed by atoms with Crippen LogP contribution in [0.25, 0.3) is 11.3 Å². The highest BCUT2D eigenvalue weighted by atomic mass is 32.2. The summed E-state index contributed by atoms with van der Waals surface area (Å²) in [5.74, 6) is -0.892. The second-order valence-electron chi connectivity index (χ2n) is 5.44. The molecule has 0 aliphatic rings. The highest BCUT2D eigenvalue weighted by Crippen LogP contribution is 2.33. The SMILES string of the molecule is COc1cccc(C(=O)Nc2nc(-c3ccc(SC)cc3)cs2)c1OC(F)F. The monoisotopic (exact) mass is 422 g/mol. The number of alkyl halides is 2. The smallest absolute Gasteiger partial charge is 0.387 e. The number of nitrogens with zero attached hydrogens (tertiary/aromatic N) is 1. The number of hydrogen-bond acceptors (Lipinski definition) is 6. The number of anilines is 1. The number of hydrogen-bond donors (Lipinski definition) is 1. The highest BCUT2D eigenvalue weighted by Gasteiger charge is 2.21. The predicted molar refractivity (Wildman–Crippen MR) is 107 cm³/mol. The minimum Gasteiger partial charge on any atom is -0.493 e. The Bertz CT molecular complexity index is 962. The highest BCUT2D eigenvalue weighted by molar-refractivity contribution is 7.98. The Morgan fingerprint density at radius 3 is 2.61 bits per heavy atom. The third-order valence-electron chi connectivity index (χ3n) is 3.76. The third kappa shape index (κ3) is 4.60. The molecule has 0 spiro atoms. The lowest BCUT2D eigenvalue weighted by Gasteiger charge is -2.13. The Balaban J connectivity index is 1.81. The minimum atomic E-state index is -3.08. The Morgan fingerprint density at radius 2 is 1.96 bits per heavy atom. The van der Waals surface area contributed by atoms with Crippen LogP contribution < -0.4 is 14.8 Å². The molecular formula is C19H16F2N2O3S2. The molecule has 0 saturated heterocycles. The molecule has 0 bridgehead atoms. The van der Waals surface area contributed by atoms with Gasteiger partial charge in [0.05, 0.1) is 18.4 Å². The van der Waals surface area contributed by atoms with Gasteiger partial charge in [0, 0.05) is 15.8 Å². The average molecular weight is 422 g/mol. The molecule has 0 saturated carbocycles. The fourth-order valence-electron chi connectivity index (χ4n) is 2.46. The molecule has 3 rings (SSSR count). The number of para-hydroxylation sites is 1. The summed E-state index contributed by atoms with van der Waals surface area (Å²) in [7, 11) is 1.31. The van der Waals surface area contributed by atoms with Gasteiger partial charge in [-0.15, -0.1) is 23.1 Å². The summed E-state index contributed by atoms with van der Waals surface area (Å²) in [5, 5.41) is 4.78. The number of carbonyl (C=O) groups excluding carboxylic acids is 1. The zero-order valence-corrected chi connectivity index (χ0v) is 16.6. The molecule has 0 radical (unpaired) electrons. The van der Waals surface area contributed by atoms with Crippen molar-refractivity contribution >= 4 is 34.1 Å². The maximum Gasteiger partial charge on any atom is 0.387 e. The number of rotatable bonds is 7. The van der Waals surface area contributed by atoms with Crippen molar-refractivity contribution in [2.24, 2.45) is 0 Å². The number of thiazole rings is 1. The maximum absolute atomic E-state index is 12.7. The summed E-state index contributed by atoms with van der Waals surface area (Å²) in [6.07, 6.45) is 2.00. The first kappa shape index (κ1) is 20.1. The predicted octanol–water partition coefficient (Wildman–Crippen LogP) is 5.39. The number of halogens is 2. The van der Waals surface area contributed by atoms with E-state index in [0.717, 1.165) is 10.5 Å². The van der Waals surface area contributed by atoms with E-state index in [1.54, 1.807) is 11.8 Å². The number of carbonyl (C=O) groups is 1. The van der Waals surface area contributed by atoms with Gasteiger partial charge in [-0.1, -0.05) is 18.2 Å². The molecule has 5 nitrogen and oxygen atoms in total. The van der Waals surface area contributed by atoms with Crippen molar-refractivity contribution in [2.45, 2.75) is 11.5 Å². The summed E-state index contributed by atoms with van der Waals surface area (Å²) in [5.41, 5.74) is 1.56. The van der Waals surface area contributed by atoms with Crippen LogP contribution in [0.15, 0.2) is 52.7 Å². The Kier molecular flexibility index (Phi) is 6.48. The topological polar surface area (TPSA) is 60.5 Å². The van der Waals surface area contributed by atoms with Crippen LogP contribution in [0, 0.1) is 0 Å². The van der Waals surface area contributed by atoms with Crippen LogP contribution in [0.5, 0.6) is 11.5 Å². The van der Waals surface area contributed by atoms with Crippen LogP contribution in [0.1, 0.15) is 10.4 Å². The molecule has 0 unspecified atom stereocenters. The Morgan fingerprint density at radius 1 is 1.21 bits per heavy atom. The van der Waals surface area contributed by atoms with Gasteiger partial charge in [-0.25, -0.2) is 4.98 Å². The van der Waals surface area contributed by atoms with Crippen LogP contribution in [-0.2, 0) is 0 Å². The van der Waals surface area contributed by atoms with E-state index in [1.165, 1.54) is 36.6 Å². The van der Waals surface area contributed by atoms with E-state index >= 15 is 0 Å². The van der Waals surface area contributed by atoms with E-state index in [-0.39, 0.29) is 17.1 Å². The van der Waals surface area contributed by atoms with Gasteiger partial charge in [0.15, 0.2) is 16.6 Å². The standard InChI is InChI=1S/C19H16F2N2O3S2/c1-25-15-5-3-4-13(16(15)26-18(20)21)17(24)23-19-22-14(10-28-19)11-6-8-12(27-2)9-7-11/h3-10,18H,1-2H3,(H,22,23,24). The second kappa shape index (κ2) is 9.03. The lowest BCUT2D eigenvalue weighted by Crippen LogP contribution is -2.15. The fraction of sp³-hybridized carbons (Fsp3) is 0.158. The first-order valence-electron chi connectivity index (χ1n) is 8.05. The van der Waals surface area contributed by atoms with Gasteiger partial charge in [-0.05, 0) is 30.5 Å². The van der Waals surface area contributed by atoms with Gasteiger partial charge >= 0.3 is 6.61 Å². The van der Waals surface area contributed by atoms with E-state index in [4.69, 9.17) is 4.74 Å². The van der Waals surface area contributed by atoms with E-state index in [9.17, 15) is 13.6 Å². The molecule has 0 fully saturated rings. The summed E-state index contributed by atoms with van der Waals surface area (Å²) >= 11 is 2.88. The number of nitrogens with one attached hydrogen (secondary N) is 1. The summed E-state index contributed by atoms with van der Waals surface area (Å²) in [4.78, 5) is 18.1. The number of methoxy groups -OCH3 is 1. The first-order chi connectivity index (χ1) is 13.5. The van der Waals surface area contributed by atoms with Crippen molar-refractivity contribution in [1.82, 2.24) is 4.98 Å². The van der Waals surface area contributed by atoms with E-state index in [1.807, 2.05) is 35.9 Å². The lowest BCUT2D eigenvalue weighted by molar-refractivity contribution is -0.0515. The molecule has 0 aliphatic carbocycles. The van der Waals surface area contributed by atoms with Crippen molar-refractivity contribution < 1.29 is 23.0 Å². The molecule has 1 N–H and O–H groups in total. The van der Waals surface area contributed by atoms with Gasteiger partial charge in [0.2, 0.25) is 0 Å².